The molecule has 0 heterocycles. The second kappa shape index (κ2) is 5.16. The number of hydrogen-bond acceptors (Lipinski definition) is 4. The van der Waals surface area contributed by atoms with Gasteiger partial charge in [0.2, 0.25) is 0 Å². The lowest BCUT2D eigenvalue weighted by atomic mass is 10.2. The van der Waals surface area contributed by atoms with Gasteiger partial charge in [0.25, 0.3) is 0 Å². The van der Waals surface area contributed by atoms with Crippen LogP contribution >= 0.6 is 0 Å². The van der Waals surface area contributed by atoms with Crippen molar-refractivity contribution in [2.24, 2.45) is 0 Å². The molecular weight excluding hydrogens is 230 g/mol. The van der Waals surface area contributed by atoms with Crippen LogP contribution in [0.4, 0.5) is 21.9 Å². The van der Waals surface area contributed by atoms with E-state index < -0.39 is 11.7 Å². The molecule has 3 N–H and O–H groups in total. The highest BCUT2D eigenvalue weighted by Gasteiger charge is 2.16. The molecule has 0 unspecified atom stereocenters. The smallest absolute Gasteiger partial charge is 0.412 e. The van der Waals surface area contributed by atoms with Crippen LogP contribution < -0.4 is 16.0 Å². The third kappa shape index (κ3) is 4.16. The van der Waals surface area contributed by atoms with E-state index in [0.29, 0.717) is 11.4 Å². The summed E-state index contributed by atoms with van der Waals surface area (Å²) in [5.74, 6) is 0. The fourth-order valence-corrected chi connectivity index (χ4v) is 1.36. The average Bonchev–Trinajstić information content (AvgIpc) is 2.17. The highest BCUT2D eigenvalue weighted by molar-refractivity contribution is 5.90. The third-order valence-corrected chi connectivity index (χ3v) is 2.19. The number of carbonyl (C=O) groups is 1. The van der Waals surface area contributed by atoms with Crippen molar-refractivity contribution in [3.05, 3.63) is 18.2 Å². The zero-order valence-corrected chi connectivity index (χ0v) is 11.6. The monoisotopic (exact) mass is 251 g/mol. The first-order chi connectivity index (χ1) is 8.19. The Morgan fingerprint density at radius 3 is 2.39 bits per heavy atom. The second-order valence-electron chi connectivity index (χ2n) is 5.29. The van der Waals surface area contributed by atoms with Gasteiger partial charge in [0.15, 0.2) is 0 Å². The van der Waals surface area contributed by atoms with Gasteiger partial charge < -0.3 is 15.4 Å². The largest absolute Gasteiger partial charge is 0.444 e. The lowest BCUT2D eigenvalue weighted by molar-refractivity contribution is 0.0636. The lowest BCUT2D eigenvalue weighted by Gasteiger charge is -2.20. The molecule has 0 aliphatic rings. The lowest BCUT2D eigenvalue weighted by Crippen LogP contribution is -2.27. The summed E-state index contributed by atoms with van der Waals surface area (Å²) < 4.78 is 5.16. The zero-order valence-electron chi connectivity index (χ0n) is 11.6. The predicted octanol–water partition coefficient (Wildman–Crippen LogP) is 2.68. The number of benzene rings is 1. The van der Waals surface area contributed by atoms with Gasteiger partial charge in [0, 0.05) is 19.8 Å². The number of ether oxygens (including phenoxy) is 1. The number of rotatable bonds is 2. The van der Waals surface area contributed by atoms with Crippen molar-refractivity contribution in [3.8, 4) is 0 Å². The van der Waals surface area contributed by atoms with Crippen LogP contribution in [0.15, 0.2) is 18.2 Å². The average molecular weight is 251 g/mol. The van der Waals surface area contributed by atoms with Gasteiger partial charge in [-0.05, 0) is 39.0 Å². The normalized spacial score (nSPS) is 10.9. The molecule has 1 amide bonds. The number of nitrogens with zero attached hydrogens (tertiary/aromatic N) is 1. The summed E-state index contributed by atoms with van der Waals surface area (Å²) in [5.41, 5.74) is 7.38. The summed E-state index contributed by atoms with van der Waals surface area (Å²) in [5, 5.41) is 2.63. The first kappa shape index (κ1) is 14.2. The summed E-state index contributed by atoms with van der Waals surface area (Å²) in [6, 6.07) is 5.43. The molecule has 0 spiro atoms. The molecule has 0 aliphatic carbocycles. The molecule has 5 heteroatoms. The predicted molar refractivity (Wildman–Crippen MR) is 75.0 cm³/mol. The molecule has 0 saturated heterocycles. The molecule has 100 valence electrons. The highest BCUT2D eigenvalue weighted by Crippen LogP contribution is 2.24. The maximum absolute atomic E-state index is 11.6. The van der Waals surface area contributed by atoms with Crippen LogP contribution in [0.5, 0.6) is 0 Å². The van der Waals surface area contributed by atoms with Gasteiger partial charge in [-0.25, -0.2) is 4.79 Å². The molecule has 0 aliphatic heterocycles. The molecule has 0 atom stereocenters. The Morgan fingerprint density at radius 2 is 1.94 bits per heavy atom. The van der Waals surface area contributed by atoms with Crippen LogP contribution in [-0.4, -0.2) is 25.8 Å². The highest BCUT2D eigenvalue weighted by atomic mass is 16.6. The third-order valence-electron chi connectivity index (χ3n) is 2.19. The summed E-state index contributed by atoms with van der Waals surface area (Å²) in [7, 11) is 3.85. The van der Waals surface area contributed by atoms with E-state index in [4.69, 9.17) is 10.5 Å². The van der Waals surface area contributed by atoms with Crippen molar-refractivity contribution < 1.29 is 9.53 Å². The van der Waals surface area contributed by atoms with Crippen molar-refractivity contribution in [2.45, 2.75) is 26.4 Å². The Balaban J connectivity index is 2.77. The van der Waals surface area contributed by atoms with E-state index in [1.807, 2.05) is 45.8 Å². The van der Waals surface area contributed by atoms with Crippen molar-refractivity contribution in [1.29, 1.82) is 0 Å². The maximum atomic E-state index is 11.6. The van der Waals surface area contributed by atoms with Crippen molar-refractivity contribution in [3.63, 3.8) is 0 Å². The standard InChI is InChI=1S/C13H21N3O2/c1-13(2,3)18-12(17)15-11-7-6-9(16(4)5)8-10(11)14/h6-8H,14H2,1-5H3,(H,15,17). The van der Waals surface area contributed by atoms with E-state index in [2.05, 4.69) is 5.32 Å². The van der Waals surface area contributed by atoms with Gasteiger partial charge in [-0.15, -0.1) is 0 Å². The molecule has 18 heavy (non-hydrogen) atoms. The first-order valence-corrected chi connectivity index (χ1v) is 5.76. The maximum Gasteiger partial charge on any atom is 0.412 e. The van der Waals surface area contributed by atoms with Crippen LogP contribution in [0.1, 0.15) is 20.8 Å². The minimum absolute atomic E-state index is 0.507. The van der Waals surface area contributed by atoms with E-state index >= 15 is 0 Å². The van der Waals surface area contributed by atoms with Crippen LogP contribution in [0.25, 0.3) is 0 Å². The number of anilines is 3. The molecule has 0 aromatic heterocycles. The SMILES string of the molecule is CN(C)c1ccc(NC(=O)OC(C)(C)C)c(N)c1. The van der Waals surface area contributed by atoms with Crippen LogP contribution in [0.2, 0.25) is 0 Å². The number of nitrogens with one attached hydrogen (secondary N) is 1. The molecule has 0 bridgehead atoms. The zero-order chi connectivity index (χ0) is 13.9. The van der Waals surface area contributed by atoms with Gasteiger partial charge in [0.1, 0.15) is 5.60 Å². The molecule has 0 radical (unpaired) electrons. The molecule has 0 fully saturated rings. The second-order valence-corrected chi connectivity index (χ2v) is 5.29. The van der Waals surface area contributed by atoms with Crippen LogP contribution in [-0.2, 0) is 4.74 Å². The number of nitrogens with two attached hydrogens (primary N) is 1. The Labute approximate surface area is 108 Å². The Morgan fingerprint density at radius 1 is 1.33 bits per heavy atom. The molecule has 0 saturated carbocycles. The molecule has 1 aromatic rings. The summed E-state index contributed by atoms with van der Waals surface area (Å²) >= 11 is 0. The Bertz CT molecular complexity index is 436. The molecule has 5 nitrogen and oxygen atoms in total. The van der Waals surface area contributed by atoms with Gasteiger partial charge in [0.05, 0.1) is 11.4 Å². The van der Waals surface area contributed by atoms with E-state index in [-0.39, 0.29) is 0 Å². The fourth-order valence-electron chi connectivity index (χ4n) is 1.36. The number of hydrogen-bond donors (Lipinski definition) is 2. The van der Waals surface area contributed by atoms with Crippen molar-refractivity contribution >= 4 is 23.2 Å². The number of carbonyl (C=O) groups excluding carboxylic acids is 1. The summed E-state index contributed by atoms with van der Waals surface area (Å²) in [4.78, 5) is 13.5. The minimum atomic E-state index is -0.525. The van der Waals surface area contributed by atoms with E-state index in [1.165, 1.54) is 0 Å². The Hall–Kier alpha value is -1.91. The van der Waals surface area contributed by atoms with E-state index in [9.17, 15) is 4.79 Å². The molecule has 1 aromatic carbocycles. The quantitative estimate of drug-likeness (QED) is 0.793. The molecular formula is C13H21N3O2. The van der Waals surface area contributed by atoms with E-state index in [1.54, 1.807) is 12.1 Å². The van der Waals surface area contributed by atoms with Crippen molar-refractivity contribution in [1.82, 2.24) is 0 Å². The summed E-state index contributed by atoms with van der Waals surface area (Å²) in [6.07, 6.45) is -0.508. The topological polar surface area (TPSA) is 67.6 Å². The number of amides is 1. The van der Waals surface area contributed by atoms with Crippen molar-refractivity contribution in [2.75, 3.05) is 30.0 Å². The van der Waals surface area contributed by atoms with Crippen LogP contribution in [0.3, 0.4) is 0 Å². The van der Waals surface area contributed by atoms with Gasteiger partial charge >= 0.3 is 6.09 Å². The first-order valence-electron chi connectivity index (χ1n) is 5.76. The van der Waals surface area contributed by atoms with E-state index in [0.717, 1.165) is 5.69 Å². The summed E-state index contributed by atoms with van der Waals surface area (Å²) in [6.45, 7) is 5.43. The minimum Gasteiger partial charge on any atom is -0.444 e. The van der Waals surface area contributed by atoms with Crippen LogP contribution in [0, 0.1) is 0 Å². The van der Waals surface area contributed by atoms with Gasteiger partial charge in [-0.2, -0.15) is 0 Å². The molecule has 1 rings (SSSR count). The fraction of sp³-hybridized carbons (Fsp3) is 0.462. The van der Waals surface area contributed by atoms with Gasteiger partial charge in [-0.1, -0.05) is 0 Å². The Kier molecular flexibility index (Phi) is 4.06. The van der Waals surface area contributed by atoms with Gasteiger partial charge in [-0.3, -0.25) is 5.32 Å². The number of nitrogen functional groups attached to an aromatic ring is 1.